The second kappa shape index (κ2) is 7.08. The lowest BCUT2D eigenvalue weighted by Gasteiger charge is -2.27. The van der Waals surface area contributed by atoms with Gasteiger partial charge >= 0.3 is 5.97 Å². The Morgan fingerprint density at radius 2 is 1.82 bits per heavy atom. The van der Waals surface area contributed by atoms with Gasteiger partial charge in [0.15, 0.2) is 0 Å². The van der Waals surface area contributed by atoms with Gasteiger partial charge in [0.2, 0.25) is 0 Å². The zero-order valence-corrected chi connectivity index (χ0v) is 13.9. The molecule has 0 spiro atoms. The fourth-order valence-electron chi connectivity index (χ4n) is 3.66. The fourth-order valence-corrected chi connectivity index (χ4v) is 3.66. The lowest BCUT2D eigenvalue weighted by molar-refractivity contribution is -0.143. The number of Topliss-reactive ketones (excluding diaryl/α,β-unsaturated/α-hetero) is 1. The van der Waals surface area contributed by atoms with Crippen LogP contribution in [0.1, 0.15) is 55.2 Å². The van der Waals surface area contributed by atoms with E-state index in [0.717, 1.165) is 31.2 Å². The van der Waals surface area contributed by atoms with Crippen molar-refractivity contribution in [1.82, 2.24) is 0 Å². The second-order valence-corrected chi connectivity index (χ2v) is 6.78. The van der Waals surface area contributed by atoms with Crippen LogP contribution < -0.4 is 0 Å². The standard InChI is InChI=1S/C19H26O3/c1-14-6-7-16(15(2)10-14)11-17(20)12-19(8-4-5-9-19)13-18(21)22-3/h6-7,10H,4-5,8-9,11-13H2,1-3H3. The molecule has 0 radical (unpaired) electrons. The number of hydrogen-bond acceptors (Lipinski definition) is 3. The van der Waals surface area contributed by atoms with Crippen molar-refractivity contribution in [2.75, 3.05) is 7.11 Å². The van der Waals surface area contributed by atoms with Crippen molar-refractivity contribution < 1.29 is 14.3 Å². The molecule has 0 N–H and O–H groups in total. The lowest BCUT2D eigenvalue weighted by atomic mass is 9.77. The zero-order chi connectivity index (χ0) is 16.2. The number of esters is 1. The molecule has 0 bridgehead atoms. The third-order valence-electron chi connectivity index (χ3n) is 4.87. The Kier molecular flexibility index (Phi) is 5.38. The summed E-state index contributed by atoms with van der Waals surface area (Å²) in [5, 5.41) is 0. The van der Waals surface area contributed by atoms with Gasteiger partial charge in [-0.2, -0.15) is 0 Å². The van der Waals surface area contributed by atoms with E-state index < -0.39 is 0 Å². The van der Waals surface area contributed by atoms with E-state index in [1.54, 1.807) is 0 Å². The molecule has 3 heteroatoms. The van der Waals surface area contributed by atoms with Crippen LogP contribution in [0.2, 0.25) is 0 Å². The number of ether oxygens (including phenoxy) is 1. The number of rotatable bonds is 6. The SMILES string of the molecule is COC(=O)CC1(CC(=O)Cc2ccc(C)cc2C)CCCC1. The Morgan fingerprint density at radius 3 is 2.41 bits per heavy atom. The van der Waals surface area contributed by atoms with Gasteiger partial charge in [0.1, 0.15) is 5.78 Å². The van der Waals surface area contributed by atoms with E-state index in [2.05, 4.69) is 26.0 Å². The zero-order valence-electron chi connectivity index (χ0n) is 13.9. The molecule has 1 aromatic rings. The summed E-state index contributed by atoms with van der Waals surface area (Å²) in [7, 11) is 1.42. The quantitative estimate of drug-likeness (QED) is 0.748. The highest BCUT2D eigenvalue weighted by atomic mass is 16.5. The van der Waals surface area contributed by atoms with E-state index in [-0.39, 0.29) is 17.2 Å². The van der Waals surface area contributed by atoms with Gasteiger partial charge in [0, 0.05) is 12.8 Å². The molecule has 1 aliphatic carbocycles. The van der Waals surface area contributed by atoms with Gasteiger partial charge in [-0.3, -0.25) is 9.59 Å². The van der Waals surface area contributed by atoms with Crippen LogP contribution in [0.25, 0.3) is 0 Å². The van der Waals surface area contributed by atoms with Gasteiger partial charge in [-0.1, -0.05) is 36.6 Å². The largest absolute Gasteiger partial charge is 0.469 e. The number of methoxy groups -OCH3 is 1. The Balaban J connectivity index is 2.03. The maximum absolute atomic E-state index is 12.5. The minimum Gasteiger partial charge on any atom is -0.469 e. The van der Waals surface area contributed by atoms with Crippen LogP contribution in [0.4, 0.5) is 0 Å². The first kappa shape index (κ1) is 16.7. The summed E-state index contributed by atoms with van der Waals surface area (Å²) in [5.74, 6) is 0.0407. The van der Waals surface area contributed by atoms with Gasteiger partial charge in [0.05, 0.1) is 13.5 Å². The molecular formula is C19H26O3. The molecule has 120 valence electrons. The summed E-state index contributed by atoms with van der Waals surface area (Å²) < 4.78 is 4.82. The maximum atomic E-state index is 12.5. The van der Waals surface area contributed by atoms with Crippen molar-refractivity contribution in [3.63, 3.8) is 0 Å². The van der Waals surface area contributed by atoms with Crippen LogP contribution in [-0.2, 0) is 20.7 Å². The molecule has 1 fully saturated rings. The highest BCUT2D eigenvalue weighted by Gasteiger charge is 2.38. The molecule has 0 amide bonds. The summed E-state index contributed by atoms with van der Waals surface area (Å²) in [6.45, 7) is 4.11. The van der Waals surface area contributed by atoms with Crippen molar-refractivity contribution in [3.8, 4) is 0 Å². The van der Waals surface area contributed by atoms with E-state index in [4.69, 9.17) is 4.74 Å². The monoisotopic (exact) mass is 302 g/mol. The van der Waals surface area contributed by atoms with Gasteiger partial charge < -0.3 is 4.74 Å². The molecule has 1 aliphatic rings. The number of carbonyl (C=O) groups is 2. The van der Waals surface area contributed by atoms with Gasteiger partial charge in [-0.15, -0.1) is 0 Å². The summed E-state index contributed by atoms with van der Waals surface area (Å²) in [5.41, 5.74) is 3.32. The van der Waals surface area contributed by atoms with Crippen molar-refractivity contribution in [3.05, 3.63) is 34.9 Å². The van der Waals surface area contributed by atoms with Gasteiger partial charge in [0.25, 0.3) is 0 Å². The molecule has 0 saturated heterocycles. The molecule has 0 aliphatic heterocycles. The molecule has 1 saturated carbocycles. The van der Waals surface area contributed by atoms with Gasteiger partial charge in [-0.25, -0.2) is 0 Å². The molecule has 0 aromatic heterocycles. The first-order valence-electron chi connectivity index (χ1n) is 8.09. The number of benzene rings is 1. The van der Waals surface area contributed by atoms with Crippen LogP contribution in [0.5, 0.6) is 0 Å². The Hall–Kier alpha value is -1.64. The molecular weight excluding hydrogens is 276 g/mol. The topological polar surface area (TPSA) is 43.4 Å². The average Bonchev–Trinajstić information content (AvgIpc) is 2.89. The second-order valence-electron chi connectivity index (χ2n) is 6.78. The number of hydrogen-bond donors (Lipinski definition) is 0. The third kappa shape index (κ3) is 4.19. The molecule has 0 heterocycles. The number of aryl methyl sites for hydroxylation is 2. The summed E-state index contributed by atoms with van der Waals surface area (Å²) in [6, 6.07) is 6.21. The molecule has 3 nitrogen and oxygen atoms in total. The van der Waals surface area contributed by atoms with Crippen LogP contribution in [0.3, 0.4) is 0 Å². The Morgan fingerprint density at radius 1 is 1.14 bits per heavy atom. The van der Waals surface area contributed by atoms with E-state index in [1.807, 2.05) is 6.07 Å². The van der Waals surface area contributed by atoms with Crippen molar-refractivity contribution in [2.45, 2.75) is 58.8 Å². The predicted octanol–water partition coefficient (Wildman–Crippen LogP) is 3.93. The highest BCUT2D eigenvalue weighted by molar-refractivity contribution is 5.83. The molecule has 2 rings (SSSR count). The minimum absolute atomic E-state index is 0.164. The highest BCUT2D eigenvalue weighted by Crippen LogP contribution is 2.44. The molecule has 0 unspecified atom stereocenters. The fraction of sp³-hybridized carbons (Fsp3) is 0.579. The van der Waals surface area contributed by atoms with E-state index in [9.17, 15) is 9.59 Å². The van der Waals surface area contributed by atoms with Crippen LogP contribution in [0.15, 0.2) is 18.2 Å². The first-order chi connectivity index (χ1) is 10.4. The van der Waals surface area contributed by atoms with Crippen molar-refractivity contribution >= 4 is 11.8 Å². The smallest absolute Gasteiger partial charge is 0.306 e. The number of carbonyl (C=O) groups excluding carboxylic acids is 2. The number of ketones is 1. The molecule has 0 atom stereocenters. The normalized spacial score (nSPS) is 16.5. The van der Waals surface area contributed by atoms with E-state index >= 15 is 0 Å². The third-order valence-corrected chi connectivity index (χ3v) is 4.87. The van der Waals surface area contributed by atoms with Gasteiger partial charge in [-0.05, 0) is 43.2 Å². The first-order valence-corrected chi connectivity index (χ1v) is 8.09. The van der Waals surface area contributed by atoms with Crippen LogP contribution in [-0.4, -0.2) is 18.9 Å². The van der Waals surface area contributed by atoms with Crippen LogP contribution in [0, 0.1) is 19.3 Å². The molecule has 1 aromatic carbocycles. The summed E-state index contributed by atoms with van der Waals surface area (Å²) >= 11 is 0. The minimum atomic E-state index is -0.193. The Bertz CT molecular complexity index is 554. The average molecular weight is 302 g/mol. The van der Waals surface area contributed by atoms with Crippen LogP contribution >= 0.6 is 0 Å². The molecule has 22 heavy (non-hydrogen) atoms. The maximum Gasteiger partial charge on any atom is 0.306 e. The lowest BCUT2D eigenvalue weighted by Crippen LogP contribution is -2.26. The van der Waals surface area contributed by atoms with Crippen molar-refractivity contribution in [2.24, 2.45) is 5.41 Å². The Labute approximate surface area is 133 Å². The van der Waals surface area contributed by atoms with E-state index in [1.165, 1.54) is 18.2 Å². The van der Waals surface area contributed by atoms with Crippen molar-refractivity contribution in [1.29, 1.82) is 0 Å². The predicted molar refractivity (Wildman–Crippen MR) is 86.8 cm³/mol. The summed E-state index contributed by atoms with van der Waals surface area (Å²) in [4.78, 5) is 24.2. The summed E-state index contributed by atoms with van der Waals surface area (Å²) in [6.07, 6.45) is 5.47. The van der Waals surface area contributed by atoms with E-state index in [0.29, 0.717) is 19.3 Å².